The summed E-state index contributed by atoms with van der Waals surface area (Å²) in [5.41, 5.74) is -0.244. The molecule has 1 fully saturated rings. The summed E-state index contributed by atoms with van der Waals surface area (Å²) in [5.74, 6) is -0.830. The summed E-state index contributed by atoms with van der Waals surface area (Å²) in [7, 11) is 2.86. The zero-order chi connectivity index (χ0) is 23.7. The Kier molecular flexibility index (Phi) is 6.33. The van der Waals surface area contributed by atoms with E-state index in [9.17, 15) is 19.2 Å². The number of rotatable bonds is 4. The number of benzene rings is 1. The predicted molar refractivity (Wildman–Crippen MR) is 126 cm³/mol. The van der Waals surface area contributed by atoms with Crippen LogP contribution in [0.15, 0.2) is 39.9 Å². The normalized spacial score (nSPS) is 14.3. The molecule has 2 N–H and O–H groups in total. The van der Waals surface area contributed by atoms with Crippen molar-refractivity contribution in [3.8, 4) is 0 Å². The van der Waals surface area contributed by atoms with Gasteiger partial charge in [-0.15, -0.1) is 0 Å². The number of nitrogens with one attached hydrogen (secondary N) is 2. The second kappa shape index (κ2) is 9.19. The molecule has 0 unspecified atom stereocenters. The number of hydrogen-bond donors (Lipinski definition) is 2. The van der Waals surface area contributed by atoms with Gasteiger partial charge in [-0.1, -0.05) is 30.9 Å². The van der Waals surface area contributed by atoms with Crippen LogP contribution in [0.5, 0.6) is 0 Å². The molecule has 0 saturated heterocycles. The lowest BCUT2D eigenvalue weighted by Gasteiger charge is -2.23. The first kappa shape index (κ1) is 22.7. The summed E-state index contributed by atoms with van der Waals surface area (Å²) >= 11 is 6.24. The molecule has 2 heterocycles. The van der Waals surface area contributed by atoms with Gasteiger partial charge in [-0.25, -0.2) is 9.78 Å². The van der Waals surface area contributed by atoms with Gasteiger partial charge in [0.1, 0.15) is 11.3 Å². The van der Waals surface area contributed by atoms with Gasteiger partial charge in [-0.3, -0.25) is 23.5 Å². The van der Waals surface area contributed by atoms with Crippen molar-refractivity contribution in [2.75, 3.05) is 5.32 Å². The minimum Gasteiger partial charge on any atom is -0.349 e. The number of amides is 2. The van der Waals surface area contributed by atoms with Crippen molar-refractivity contribution in [3.05, 3.63) is 67.4 Å². The van der Waals surface area contributed by atoms with E-state index in [2.05, 4.69) is 15.6 Å². The lowest BCUT2D eigenvalue weighted by atomic mass is 9.95. The molecule has 0 atom stereocenters. The highest BCUT2D eigenvalue weighted by Gasteiger charge is 2.20. The maximum absolute atomic E-state index is 12.8. The molecule has 0 aliphatic heterocycles. The van der Waals surface area contributed by atoms with Crippen LogP contribution < -0.4 is 21.9 Å². The molecule has 1 aromatic carbocycles. The van der Waals surface area contributed by atoms with Gasteiger partial charge >= 0.3 is 5.69 Å². The van der Waals surface area contributed by atoms with E-state index in [0.29, 0.717) is 5.69 Å². The highest BCUT2D eigenvalue weighted by atomic mass is 35.5. The fourth-order valence-electron chi connectivity index (χ4n) is 4.06. The molecule has 1 aliphatic carbocycles. The number of halogens is 1. The Bertz CT molecular complexity index is 1370. The summed E-state index contributed by atoms with van der Waals surface area (Å²) in [4.78, 5) is 54.3. The van der Waals surface area contributed by atoms with Gasteiger partial charge in [0.05, 0.1) is 16.0 Å². The Morgan fingerprint density at radius 3 is 2.45 bits per heavy atom. The number of aryl methyl sites for hydroxylation is 1. The minimum atomic E-state index is -0.550. The quantitative estimate of drug-likeness (QED) is 0.609. The molecule has 2 amide bonds. The summed E-state index contributed by atoms with van der Waals surface area (Å²) in [6.45, 7) is 0. The second-order valence-corrected chi connectivity index (χ2v) is 8.64. The summed E-state index contributed by atoms with van der Waals surface area (Å²) in [6, 6.07) is 7.66. The largest absolute Gasteiger partial charge is 0.349 e. The number of fused-ring (bicyclic) bond motifs is 1. The Morgan fingerprint density at radius 1 is 1.00 bits per heavy atom. The monoisotopic (exact) mass is 469 g/mol. The third-order valence-corrected chi connectivity index (χ3v) is 6.27. The molecule has 2 aromatic heterocycles. The third-order valence-electron chi connectivity index (χ3n) is 5.94. The first-order chi connectivity index (χ1) is 15.8. The molecule has 33 heavy (non-hydrogen) atoms. The number of nitrogens with zero attached hydrogens (tertiary/aromatic N) is 3. The van der Waals surface area contributed by atoms with Gasteiger partial charge in [0, 0.05) is 25.8 Å². The molecule has 4 rings (SSSR count). The molecule has 1 saturated carbocycles. The van der Waals surface area contributed by atoms with Crippen LogP contribution in [0, 0.1) is 0 Å². The van der Waals surface area contributed by atoms with Gasteiger partial charge in [-0.05, 0) is 43.2 Å². The average Bonchev–Trinajstić information content (AvgIpc) is 2.82. The zero-order valence-corrected chi connectivity index (χ0v) is 19.1. The third kappa shape index (κ3) is 4.54. The molecule has 0 bridgehead atoms. The lowest BCUT2D eigenvalue weighted by Crippen LogP contribution is -2.37. The number of carbonyl (C=O) groups is 2. The smallest absolute Gasteiger partial charge is 0.332 e. The van der Waals surface area contributed by atoms with Crippen molar-refractivity contribution >= 4 is 40.1 Å². The summed E-state index contributed by atoms with van der Waals surface area (Å²) < 4.78 is 2.20. The van der Waals surface area contributed by atoms with Gasteiger partial charge < -0.3 is 10.6 Å². The average molecular weight is 470 g/mol. The predicted octanol–water partition coefficient (Wildman–Crippen LogP) is 2.60. The van der Waals surface area contributed by atoms with E-state index in [0.717, 1.165) is 30.3 Å². The Balaban J connectivity index is 1.58. The maximum Gasteiger partial charge on any atom is 0.332 e. The van der Waals surface area contributed by atoms with Crippen LogP contribution in [0.3, 0.4) is 0 Å². The number of carbonyl (C=O) groups excluding carboxylic acids is 2. The van der Waals surface area contributed by atoms with Gasteiger partial charge in [0.15, 0.2) is 0 Å². The van der Waals surface area contributed by atoms with Crippen LogP contribution in [-0.2, 0) is 14.1 Å². The first-order valence-electron chi connectivity index (χ1n) is 10.7. The van der Waals surface area contributed by atoms with Crippen LogP contribution in [0.2, 0.25) is 5.02 Å². The highest BCUT2D eigenvalue weighted by molar-refractivity contribution is 6.34. The fourth-order valence-corrected chi connectivity index (χ4v) is 4.27. The molecule has 172 valence electrons. The molecular weight excluding hydrogens is 446 g/mol. The standard InChI is InChI=1S/C23H24ClN5O4/c1-28-19-15(22(32)29(2)23(28)33)9-11-18(27-19)21(31)26-14-8-10-17(24)16(12-14)20(30)25-13-6-4-3-5-7-13/h8-13H,3-7H2,1-2H3,(H,25,30)(H,26,31). The van der Waals surface area contributed by atoms with Crippen LogP contribution in [0.4, 0.5) is 5.69 Å². The molecule has 10 heteroatoms. The number of pyridine rings is 1. The van der Waals surface area contributed by atoms with E-state index >= 15 is 0 Å². The van der Waals surface area contributed by atoms with Crippen molar-refractivity contribution in [2.45, 2.75) is 38.1 Å². The molecule has 0 radical (unpaired) electrons. The van der Waals surface area contributed by atoms with Crippen molar-refractivity contribution in [3.63, 3.8) is 0 Å². The van der Waals surface area contributed by atoms with Crippen molar-refractivity contribution < 1.29 is 9.59 Å². The van der Waals surface area contributed by atoms with E-state index in [1.807, 2.05) is 0 Å². The van der Waals surface area contributed by atoms with Crippen molar-refractivity contribution in [2.24, 2.45) is 14.1 Å². The van der Waals surface area contributed by atoms with Gasteiger partial charge in [0.2, 0.25) is 0 Å². The number of hydrogen-bond acceptors (Lipinski definition) is 5. The van der Waals surface area contributed by atoms with Crippen LogP contribution in [0.1, 0.15) is 53.0 Å². The molecule has 0 spiro atoms. The topological polar surface area (TPSA) is 115 Å². The first-order valence-corrected chi connectivity index (χ1v) is 11.1. The Hall–Kier alpha value is -3.46. The minimum absolute atomic E-state index is 0.0221. The summed E-state index contributed by atoms with van der Waals surface area (Å²) in [5, 5.41) is 6.23. The number of anilines is 1. The fraction of sp³-hybridized carbons (Fsp3) is 0.348. The van der Waals surface area contributed by atoms with Crippen LogP contribution in [-0.4, -0.2) is 32.0 Å². The molecule has 1 aliphatic rings. The van der Waals surface area contributed by atoms with Crippen LogP contribution in [0.25, 0.3) is 11.0 Å². The SMILES string of the molecule is Cn1c(=O)c2ccc(C(=O)Nc3ccc(Cl)c(C(=O)NC4CCCCC4)c3)nc2n(C)c1=O. The second-order valence-electron chi connectivity index (χ2n) is 8.23. The maximum atomic E-state index is 12.8. The van der Waals surface area contributed by atoms with E-state index in [4.69, 9.17) is 11.6 Å². The summed E-state index contributed by atoms with van der Waals surface area (Å²) in [6.07, 6.45) is 5.24. The number of aromatic nitrogens is 3. The van der Waals surface area contributed by atoms with E-state index < -0.39 is 17.2 Å². The molecule has 9 nitrogen and oxygen atoms in total. The molecular formula is C23H24ClN5O4. The van der Waals surface area contributed by atoms with Gasteiger partial charge in [-0.2, -0.15) is 0 Å². The lowest BCUT2D eigenvalue weighted by molar-refractivity contribution is 0.0926. The zero-order valence-electron chi connectivity index (χ0n) is 18.4. The van der Waals surface area contributed by atoms with E-state index in [1.54, 1.807) is 12.1 Å². The van der Waals surface area contributed by atoms with E-state index in [1.165, 1.54) is 43.3 Å². The van der Waals surface area contributed by atoms with Crippen LogP contribution >= 0.6 is 11.6 Å². The van der Waals surface area contributed by atoms with E-state index in [-0.39, 0.29) is 39.3 Å². The van der Waals surface area contributed by atoms with Gasteiger partial charge in [0.25, 0.3) is 17.4 Å². The highest BCUT2D eigenvalue weighted by Crippen LogP contribution is 2.23. The van der Waals surface area contributed by atoms with Crippen molar-refractivity contribution in [1.82, 2.24) is 19.4 Å². The Morgan fingerprint density at radius 2 is 1.73 bits per heavy atom. The Labute approximate surface area is 194 Å². The molecule has 3 aromatic rings. The van der Waals surface area contributed by atoms with Crippen molar-refractivity contribution in [1.29, 1.82) is 0 Å².